The first kappa shape index (κ1) is 11.1. The number of carbonyl (C=O) groups is 1. The van der Waals surface area contributed by atoms with Crippen LogP contribution in [0.15, 0.2) is 53.4 Å². The van der Waals surface area contributed by atoms with Crippen LogP contribution in [0.2, 0.25) is 0 Å². The van der Waals surface area contributed by atoms with Crippen LogP contribution < -0.4 is 5.32 Å². The van der Waals surface area contributed by atoms with Crippen molar-refractivity contribution in [2.24, 2.45) is 0 Å². The van der Waals surface area contributed by atoms with E-state index in [9.17, 15) is 4.79 Å². The van der Waals surface area contributed by atoms with Crippen LogP contribution in [0.1, 0.15) is 10.6 Å². The van der Waals surface area contributed by atoms with Gasteiger partial charge in [-0.05, 0) is 46.8 Å². The molecule has 0 spiro atoms. The zero-order valence-corrected chi connectivity index (χ0v) is 9.72. The number of nitrogens with zero attached hydrogens (tertiary/aromatic N) is 4. The SMILES string of the molecule is O=C(Nc1ccc(-n2cnnn2)cc1)c1ccco1. The second-order valence-electron chi connectivity index (χ2n) is 3.73. The molecule has 2 aromatic heterocycles. The number of hydrogen-bond acceptors (Lipinski definition) is 5. The Morgan fingerprint density at radius 1 is 1.21 bits per heavy atom. The second kappa shape index (κ2) is 4.73. The zero-order valence-electron chi connectivity index (χ0n) is 9.72. The van der Waals surface area contributed by atoms with E-state index >= 15 is 0 Å². The fourth-order valence-electron chi connectivity index (χ4n) is 1.58. The van der Waals surface area contributed by atoms with Gasteiger partial charge in [-0.15, -0.1) is 5.10 Å². The Morgan fingerprint density at radius 3 is 2.68 bits per heavy atom. The van der Waals surface area contributed by atoms with Gasteiger partial charge in [0.2, 0.25) is 0 Å². The Morgan fingerprint density at radius 2 is 2.05 bits per heavy atom. The highest BCUT2D eigenvalue weighted by Gasteiger charge is 2.08. The number of aromatic nitrogens is 4. The fraction of sp³-hybridized carbons (Fsp3) is 0. The van der Waals surface area contributed by atoms with Crippen LogP contribution in [-0.4, -0.2) is 26.1 Å². The van der Waals surface area contributed by atoms with Crippen molar-refractivity contribution in [1.82, 2.24) is 20.2 Å². The van der Waals surface area contributed by atoms with E-state index in [4.69, 9.17) is 4.42 Å². The maximum atomic E-state index is 11.7. The van der Waals surface area contributed by atoms with Crippen LogP contribution in [0.4, 0.5) is 5.69 Å². The van der Waals surface area contributed by atoms with E-state index < -0.39 is 0 Å². The average molecular weight is 255 g/mol. The smallest absolute Gasteiger partial charge is 0.291 e. The van der Waals surface area contributed by atoms with E-state index in [1.807, 2.05) is 0 Å². The standard InChI is InChI=1S/C12H9N5O2/c18-12(11-2-1-7-19-11)14-9-3-5-10(6-4-9)17-8-13-15-16-17/h1-8H,(H,14,18). The van der Waals surface area contributed by atoms with Crippen LogP contribution in [-0.2, 0) is 0 Å². The molecule has 7 heteroatoms. The molecule has 0 aliphatic carbocycles. The first-order valence-corrected chi connectivity index (χ1v) is 5.51. The van der Waals surface area contributed by atoms with Crippen molar-refractivity contribution in [3.63, 3.8) is 0 Å². The van der Waals surface area contributed by atoms with Crippen LogP contribution >= 0.6 is 0 Å². The largest absolute Gasteiger partial charge is 0.459 e. The summed E-state index contributed by atoms with van der Waals surface area (Å²) in [5.41, 5.74) is 1.47. The molecule has 3 aromatic rings. The second-order valence-corrected chi connectivity index (χ2v) is 3.73. The summed E-state index contributed by atoms with van der Waals surface area (Å²) in [5.74, 6) is -0.0234. The third-order valence-corrected chi connectivity index (χ3v) is 2.48. The molecule has 1 aromatic carbocycles. The molecule has 0 radical (unpaired) electrons. The summed E-state index contributed by atoms with van der Waals surface area (Å²) >= 11 is 0. The normalized spacial score (nSPS) is 10.3. The Balaban J connectivity index is 1.75. The number of amides is 1. The van der Waals surface area contributed by atoms with E-state index in [0.717, 1.165) is 5.69 Å². The molecule has 94 valence electrons. The number of benzene rings is 1. The van der Waals surface area contributed by atoms with Crippen molar-refractivity contribution in [1.29, 1.82) is 0 Å². The highest BCUT2D eigenvalue weighted by Crippen LogP contribution is 2.13. The number of rotatable bonds is 3. The topological polar surface area (TPSA) is 85.8 Å². The fourth-order valence-corrected chi connectivity index (χ4v) is 1.58. The number of anilines is 1. The highest BCUT2D eigenvalue weighted by molar-refractivity contribution is 6.02. The molecule has 19 heavy (non-hydrogen) atoms. The molecule has 0 aliphatic rings. The van der Waals surface area contributed by atoms with Gasteiger partial charge in [-0.3, -0.25) is 4.79 Å². The summed E-state index contributed by atoms with van der Waals surface area (Å²) in [6.07, 6.45) is 2.95. The molecule has 0 atom stereocenters. The summed E-state index contributed by atoms with van der Waals surface area (Å²) in [5, 5.41) is 13.6. The van der Waals surface area contributed by atoms with Gasteiger partial charge >= 0.3 is 0 Å². The molecule has 0 bridgehead atoms. The number of hydrogen-bond donors (Lipinski definition) is 1. The van der Waals surface area contributed by atoms with E-state index in [1.54, 1.807) is 36.4 Å². The molecule has 2 heterocycles. The number of nitrogens with one attached hydrogen (secondary N) is 1. The molecular formula is C12H9N5O2. The predicted molar refractivity (Wildman–Crippen MR) is 65.8 cm³/mol. The summed E-state index contributed by atoms with van der Waals surface area (Å²) in [4.78, 5) is 11.7. The van der Waals surface area contributed by atoms with Crippen molar-refractivity contribution in [3.05, 3.63) is 54.7 Å². The number of tetrazole rings is 1. The minimum Gasteiger partial charge on any atom is -0.459 e. The molecule has 1 N–H and O–H groups in total. The molecular weight excluding hydrogens is 246 g/mol. The number of furan rings is 1. The molecule has 0 aliphatic heterocycles. The molecule has 1 amide bonds. The first-order valence-electron chi connectivity index (χ1n) is 5.51. The Bertz CT molecular complexity index is 659. The van der Waals surface area contributed by atoms with Gasteiger partial charge in [-0.25, -0.2) is 4.68 Å². The van der Waals surface area contributed by atoms with Crippen LogP contribution in [0, 0.1) is 0 Å². The monoisotopic (exact) mass is 255 g/mol. The molecule has 0 saturated carbocycles. The minimum absolute atomic E-state index is 0.268. The van der Waals surface area contributed by atoms with E-state index in [0.29, 0.717) is 5.69 Å². The van der Waals surface area contributed by atoms with Crippen LogP contribution in [0.25, 0.3) is 5.69 Å². The molecule has 0 saturated heterocycles. The first-order chi connectivity index (χ1) is 9.33. The lowest BCUT2D eigenvalue weighted by Crippen LogP contribution is -2.10. The lowest BCUT2D eigenvalue weighted by molar-refractivity contribution is 0.0996. The lowest BCUT2D eigenvalue weighted by Gasteiger charge is -2.04. The maximum Gasteiger partial charge on any atom is 0.291 e. The number of carbonyl (C=O) groups excluding carboxylic acids is 1. The zero-order chi connectivity index (χ0) is 13.1. The van der Waals surface area contributed by atoms with Crippen LogP contribution in [0.3, 0.4) is 0 Å². The van der Waals surface area contributed by atoms with E-state index in [2.05, 4.69) is 20.8 Å². The summed E-state index contributed by atoms with van der Waals surface area (Å²) in [6, 6.07) is 10.4. The van der Waals surface area contributed by atoms with Gasteiger partial charge in [0, 0.05) is 5.69 Å². The minimum atomic E-state index is -0.292. The molecule has 0 unspecified atom stereocenters. The van der Waals surface area contributed by atoms with Gasteiger partial charge in [0.1, 0.15) is 6.33 Å². The van der Waals surface area contributed by atoms with E-state index in [1.165, 1.54) is 17.3 Å². The summed E-state index contributed by atoms with van der Waals surface area (Å²) in [6.45, 7) is 0. The van der Waals surface area contributed by atoms with Gasteiger partial charge in [-0.1, -0.05) is 0 Å². The van der Waals surface area contributed by atoms with Crippen molar-refractivity contribution in [3.8, 4) is 5.69 Å². The van der Waals surface area contributed by atoms with Gasteiger partial charge in [0.15, 0.2) is 5.76 Å². The van der Waals surface area contributed by atoms with Gasteiger partial charge < -0.3 is 9.73 Å². The Hall–Kier alpha value is -2.96. The molecule has 7 nitrogen and oxygen atoms in total. The van der Waals surface area contributed by atoms with Gasteiger partial charge in [-0.2, -0.15) is 0 Å². The molecule has 0 fully saturated rings. The summed E-state index contributed by atoms with van der Waals surface area (Å²) in [7, 11) is 0. The lowest BCUT2D eigenvalue weighted by atomic mass is 10.2. The third-order valence-electron chi connectivity index (χ3n) is 2.48. The van der Waals surface area contributed by atoms with Gasteiger partial charge in [0.25, 0.3) is 5.91 Å². The van der Waals surface area contributed by atoms with Crippen molar-refractivity contribution < 1.29 is 9.21 Å². The summed E-state index contributed by atoms with van der Waals surface area (Å²) < 4.78 is 6.53. The average Bonchev–Trinajstić information content (AvgIpc) is 3.13. The van der Waals surface area contributed by atoms with Crippen LogP contribution in [0.5, 0.6) is 0 Å². The van der Waals surface area contributed by atoms with Crippen molar-refractivity contribution in [2.75, 3.05) is 5.32 Å². The van der Waals surface area contributed by atoms with Crippen molar-refractivity contribution >= 4 is 11.6 Å². The predicted octanol–water partition coefficient (Wildman–Crippen LogP) is 1.51. The Kier molecular flexibility index (Phi) is 2.77. The highest BCUT2D eigenvalue weighted by atomic mass is 16.3. The van der Waals surface area contributed by atoms with Gasteiger partial charge in [0.05, 0.1) is 12.0 Å². The third kappa shape index (κ3) is 2.34. The molecule has 3 rings (SSSR count). The van der Waals surface area contributed by atoms with Crippen molar-refractivity contribution in [2.45, 2.75) is 0 Å². The maximum absolute atomic E-state index is 11.7. The Labute approximate surface area is 107 Å². The quantitative estimate of drug-likeness (QED) is 0.766. The van der Waals surface area contributed by atoms with E-state index in [-0.39, 0.29) is 11.7 Å².